The highest BCUT2D eigenvalue weighted by molar-refractivity contribution is 5.20. The maximum absolute atomic E-state index is 3.77. The summed E-state index contributed by atoms with van der Waals surface area (Å²) in [6.07, 6.45) is 2.47. The molecule has 2 heteroatoms. The average Bonchev–Trinajstić information content (AvgIpc) is 2.46. The van der Waals surface area contributed by atoms with Crippen molar-refractivity contribution in [2.75, 3.05) is 19.6 Å². The minimum atomic E-state index is 0.266. The molecular formula is C18H30N2. The molecule has 20 heavy (non-hydrogen) atoms. The fourth-order valence-corrected chi connectivity index (χ4v) is 2.99. The molecule has 1 N–H and O–H groups in total. The molecule has 1 aromatic carbocycles. The lowest BCUT2D eigenvalue weighted by molar-refractivity contribution is 0.0797. The summed E-state index contributed by atoms with van der Waals surface area (Å²) in [6, 6.07) is 11.5. The second-order valence-electron chi connectivity index (χ2n) is 6.87. The summed E-state index contributed by atoms with van der Waals surface area (Å²) in [5, 5.41) is 3.77. The molecule has 0 aliphatic carbocycles. The largest absolute Gasteiger partial charge is 0.308 e. The van der Waals surface area contributed by atoms with Gasteiger partial charge in [-0.15, -0.1) is 0 Å². The molecule has 1 aliphatic heterocycles. The van der Waals surface area contributed by atoms with Gasteiger partial charge in [0.2, 0.25) is 0 Å². The van der Waals surface area contributed by atoms with E-state index < -0.39 is 0 Å². The van der Waals surface area contributed by atoms with Crippen molar-refractivity contribution >= 4 is 0 Å². The Balaban J connectivity index is 2.13. The Morgan fingerprint density at radius 1 is 1.30 bits per heavy atom. The summed E-state index contributed by atoms with van der Waals surface area (Å²) in [7, 11) is 0. The molecular weight excluding hydrogens is 244 g/mol. The van der Waals surface area contributed by atoms with Gasteiger partial charge >= 0.3 is 0 Å². The minimum Gasteiger partial charge on any atom is -0.308 e. The molecule has 1 aliphatic rings. The van der Waals surface area contributed by atoms with E-state index in [1.54, 1.807) is 0 Å². The van der Waals surface area contributed by atoms with Gasteiger partial charge in [0, 0.05) is 24.7 Å². The Morgan fingerprint density at radius 2 is 2.00 bits per heavy atom. The van der Waals surface area contributed by atoms with E-state index in [0.717, 1.165) is 19.0 Å². The first-order chi connectivity index (χ1) is 9.54. The fraction of sp³-hybridized carbons (Fsp3) is 0.667. The first kappa shape index (κ1) is 15.5. The molecule has 1 saturated heterocycles. The number of piperazine rings is 1. The van der Waals surface area contributed by atoms with Crippen LogP contribution in [0.5, 0.6) is 0 Å². The molecule has 0 spiro atoms. The highest BCUT2D eigenvalue weighted by Crippen LogP contribution is 2.29. The summed E-state index contributed by atoms with van der Waals surface area (Å²) in [5.74, 6) is 0.772. The quantitative estimate of drug-likeness (QED) is 0.877. The lowest BCUT2D eigenvalue weighted by Crippen LogP contribution is -2.59. The molecule has 2 rings (SSSR count). The summed E-state index contributed by atoms with van der Waals surface area (Å²) in [4.78, 5) is 2.69. The van der Waals surface area contributed by atoms with E-state index in [1.165, 1.54) is 24.9 Å². The van der Waals surface area contributed by atoms with E-state index in [-0.39, 0.29) is 5.54 Å². The van der Waals surface area contributed by atoms with Crippen molar-refractivity contribution in [2.45, 2.75) is 52.1 Å². The van der Waals surface area contributed by atoms with Crippen LogP contribution in [0.1, 0.15) is 52.1 Å². The van der Waals surface area contributed by atoms with Crippen LogP contribution in [-0.4, -0.2) is 30.1 Å². The topological polar surface area (TPSA) is 15.3 Å². The lowest BCUT2D eigenvalue weighted by Gasteiger charge is -2.46. The average molecular weight is 274 g/mol. The number of nitrogens with one attached hydrogen (secondary N) is 1. The monoisotopic (exact) mass is 274 g/mol. The zero-order valence-corrected chi connectivity index (χ0v) is 13.5. The Hall–Kier alpha value is -0.860. The van der Waals surface area contributed by atoms with Crippen molar-refractivity contribution in [3.05, 3.63) is 35.9 Å². The highest BCUT2D eigenvalue weighted by atomic mass is 15.2. The standard InChI is InChI=1S/C18H30N2/c1-5-18(4)14-20(12-11-15(2)3)17(13-19-18)16-9-7-6-8-10-16/h6-10,15,17,19H,5,11-14H2,1-4H3. The summed E-state index contributed by atoms with van der Waals surface area (Å²) in [6.45, 7) is 12.7. The molecule has 2 nitrogen and oxygen atoms in total. The van der Waals surface area contributed by atoms with Crippen LogP contribution in [0.15, 0.2) is 30.3 Å². The van der Waals surface area contributed by atoms with Crippen molar-refractivity contribution in [1.82, 2.24) is 10.2 Å². The molecule has 2 atom stereocenters. The SMILES string of the molecule is CCC1(C)CN(CCC(C)C)C(c2ccccc2)CN1. The van der Waals surface area contributed by atoms with Gasteiger partial charge in [0.15, 0.2) is 0 Å². The van der Waals surface area contributed by atoms with Gasteiger partial charge in [-0.25, -0.2) is 0 Å². The van der Waals surface area contributed by atoms with Crippen LogP contribution in [0.4, 0.5) is 0 Å². The number of rotatable bonds is 5. The molecule has 0 aromatic heterocycles. The van der Waals surface area contributed by atoms with Crippen LogP contribution in [-0.2, 0) is 0 Å². The molecule has 1 aromatic rings. The van der Waals surface area contributed by atoms with E-state index in [9.17, 15) is 0 Å². The molecule has 0 radical (unpaired) electrons. The van der Waals surface area contributed by atoms with Crippen LogP contribution < -0.4 is 5.32 Å². The number of hydrogen-bond donors (Lipinski definition) is 1. The van der Waals surface area contributed by atoms with Gasteiger partial charge in [0.1, 0.15) is 0 Å². The molecule has 1 heterocycles. The first-order valence-electron chi connectivity index (χ1n) is 8.08. The van der Waals surface area contributed by atoms with E-state index >= 15 is 0 Å². The normalized spacial score (nSPS) is 27.9. The highest BCUT2D eigenvalue weighted by Gasteiger charge is 2.34. The van der Waals surface area contributed by atoms with Gasteiger partial charge in [0.05, 0.1) is 0 Å². The second-order valence-corrected chi connectivity index (χ2v) is 6.87. The van der Waals surface area contributed by atoms with Crippen LogP contribution in [0.25, 0.3) is 0 Å². The fourth-order valence-electron chi connectivity index (χ4n) is 2.99. The molecule has 2 unspecified atom stereocenters. The van der Waals surface area contributed by atoms with Crippen molar-refractivity contribution in [3.63, 3.8) is 0 Å². The summed E-state index contributed by atoms with van der Waals surface area (Å²) >= 11 is 0. The van der Waals surface area contributed by atoms with Crippen molar-refractivity contribution in [3.8, 4) is 0 Å². The number of nitrogens with zero attached hydrogens (tertiary/aromatic N) is 1. The lowest BCUT2D eigenvalue weighted by atomic mass is 9.90. The summed E-state index contributed by atoms with van der Waals surface area (Å²) < 4.78 is 0. The maximum atomic E-state index is 3.77. The Kier molecular flexibility index (Phi) is 5.22. The molecule has 112 valence electrons. The van der Waals surface area contributed by atoms with Gasteiger partial charge in [-0.3, -0.25) is 4.90 Å². The van der Waals surface area contributed by atoms with E-state index in [4.69, 9.17) is 0 Å². The number of benzene rings is 1. The third-order valence-corrected chi connectivity index (χ3v) is 4.67. The zero-order valence-electron chi connectivity index (χ0n) is 13.5. The Bertz CT molecular complexity index is 401. The van der Waals surface area contributed by atoms with Crippen LogP contribution >= 0.6 is 0 Å². The Labute approximate surface area is 124 Å². The predicted octanol–water partition coefficient (Wildman–Crippen LogP) is 3.85. The minimum absolute atomic E-state index is 0.266. The van der Waals surface area contributed by atoms with Crippen molar-refractivity contribution in [1.29, 1.82) is 0 Å². The van der Waals surface area contributed by atoms with Gasteiger partial charge in [-0.2, -0.15) is 0 Å². The van der Waals surface area contributed by atoms with Crippen molar-refractivity contribution in [2.24, 2.45) is 5.92 Å². The summed E-state index contributed by atoms with van der Waals surface area (Å²) in [5.41, 5.74) is 1.71. The van der Waals surface area contributed by atoms with Crippen molar-refractivity contribution < 1.29 is 0 Å². The third kappa shape index (κ3) is 3.83. The van der Waals surface area contributed by atoms with E-state index in [1.807, 2.05) is 0 Å². The van der Waals surface area contributed by atoms with Crippen LogP contribution in [0.2, 0.25) is 0 Å². The molecule has 1 fully saturated rings. The van der Waals surface area contributed by atoms with Crippen LogP contribution in [0, 0.1) is 5.92 Å². The van der Waals surface area contributed by atoms with Gasteiger partial charge in [-0.05, 0) is 37.8 Å². The van der Waals surface area contributed by atoms with Gasteiger partial charge < -0.3 is 5.32 Å². The smallest absolute Gasteiger partial charge is 0.0473 e. The van der Waals surface area contributed by atoms with Gasteiger partial charge in [-0.1, -0.05) is 51.1 Å². The maximum Gasteiger partial charge on any atom is 0.0473 e. The first-order valence-corrected chi connectivity index (χ1v) is 8.08. The number of hydrogen-bond acceptors (Lipinski definition) is 2. The Morgan fingerprint density at radius 3 is 2.60 bits per heavy atom. The zero-order chi connectivity index (χ0) is 14.6. The van der Waals surface area contributed by atoms with E-state index in [0.29, 0.717) is 6.04 Å². The predicted molar refractivity (Wildman–Crippen MR) is 86.9 cm³/mol. The third-order valence-electron chi connectivity index (χ3n) is 4.67. The van der Waals surface area contributed by atoms with Crippen LogP contribution in [0.3, 0.4) is 0 Å². The second kappa shape index (κ2) is 6.73. The van der Waals surface area contributed by atoms with Gasteiger partial charge in [0.25, 0.3) is 0 Å². The molecule has 0 bridgehead atoms. The van der Waals surface area contributed by atoms with E-state index in [2.05, 4.69) is 68.2 Å². The molecule has 0 amide bonds. The molecule has 0 saturated carbocycles.